The van der Waals surface area contributed by atoms with Gasteiger partial charge in [0.25, 0.3) is 5.91 Å². The van der Waals surface area contributed by atoms with Crippen molar-refractivity contribution in [3.8, 4) is 11.5 Å². The molecule has 4 rings (SSSR count). The molecule has 1 fully saturated rings. The van der Waals surface area contributed by atoms with Crippen LogP contribution in [0.15, 0.2) is 76.6 Å². The molecule has 9 nitrogen and oxygen atoms in total. The van der Waals surface area contributed by atoms with Crippen LogP contribution in [-0.4, -0.2) is 53.8 Å². The van der Waals surface area contributed by atoms with Gasteiger partial charge >= 0.3 is 11.9 Å². The van der Waals surface area contributed by atoms with E-state index in [-0.39, 0.29) is 18.1 Å². The number of carbonyl (C=O) groups excluding carboxylic acids is 2. The number of carbonyl (C=O) groups is 3. The Morgan fingerprint density at radius 3 is 2.31 bits per heavy atom. The van der Waals surface area contributed by atoms with Crippen LogP contribution >= 0.6 is 11.8 Å². The third-order valence-electron chi connectivity index (χ3n) is 5.68. The van der Waals surface area contributed by atoms with E-state index in [2.05, 4.69) is 4.99 Å². The van der Waals surface area contributed by atoms with Crippen LogP contribution in [0, 0.1) is 0 Å². The molecule has 0 aliphatic carbocycles. The smallest absolute Gasteiger partial charge is 0.337 e. The van der Waals surface area contributed by atoms with Crippen LogP contribution in [0.3, 0.4) is 0 Å². The van der Waals surface area contributed by atoms with Crippen molar-refractivity contribution in [2.24, 2.45) is 4.99 Å². The summed E-state index contributed by atoms with van der Waals surface area (Å²) in [6.45, 7) is 2.52. The number of benzene rings is 3. The van der Waals surface area contributed by atoms with Gasteiger partial charge in [-0.2, -0.15) is 0 Å². The van der Waals surface area contributed by atoms with Crippen LogP contribution in [0.4, 0.5) is 5.69 Å². The van der Waals surface area contributed by atoms with E-state index < -0.39 is 11.9 Å². The van der Waals surface area contributed by atoms with Gasteiger partial charge in [0.15, 0.2) is 16.7 Å². The molecule has 1 N–H and O–H groups in total. The van der Waals surface area contributed by atoms with Crippen molar-refractivity contribution in [3.63, 3.8) is 0 Å². The predicted molar refractivity (Wildman–Crippen MR) is 149 cm³/mol. The number of thioether (sulfide) groups is 1. The molecule has 0 atom stereocenters. The second-order valence-electron chi connectivity index (χ2n) is 8.34. The van der Waals surface area contributed by atoms with E-state index in [0.29, 0.717) is 39.4 Å². The lowest BCUT2D eigenvalue weighted by Gasteiger charge is -2.13. The zero-order valence-electron chi connectivity index (χ0n) is 21.5. The lowest BCUT2D eigenvalue weighted by molar-refractivity contribution is -0.121. The van der Waals surface area contributed by atoms with E-state index in [9.17, 15) is 14.4 Å². The summed E-state index contributed by atoms with van der Waals surface area (Å²) in [5.41, 5.74) is 2.80. The number of nitrogens with zero attached hydrogens (tertiary/aromatic N) is 2. The van der Waals surface area contributed by atoms with Gasteiger partial charge in [0.1, 0.15) is 6.61 Å². The van der Waals surface area contributed by atoms with Crippen molar-refractivity contribution in [2.45, 2.75) is 13.5 Å². The number of amidine groups is 1. The molecule has 0 bridgehead atoms. The Morgan fingerprint density at radius 2 is 1.67 bits per heavy atom. The topological polar surface area (TPSA) is 115 Å². The van der Waals surface area contributed by atoms with E-state index in [4.69, 9.17) is 19.3 Å². The number of ether oxygens (including phenoxy) is 3. The molecule has 3 aromatic rings. The maximum Gasteiger partial charge on any atom is 0.337 e. The van der Waals surface area contributed by atoms with E-state index in [1.165, 1.54) is 35.9 Å². The summed E-state index contributed by atoms with van der Waals surface area (Å²) in [6.07, 6.45) is 1.77. The van der Waals surface area contributed by atoms with Crippen LogP contribution in [0.2, 0.25) is 0 Å². The first-order valence-corrected chi connectivity index (χ1v) is 12.8. The standard InChI is InChI=1S/C29H26N2O7S/c1-4-37-24-15-19(7-14-23(24)38-17-18-5-8-20(9-6-18)27(33)34)16-25-26(32)31(2)29(39-25)30-22-12-10-21(11-13-22)28(35)36-3/h5-16H,4,17H2,1-3H3,(H,33,34). The average molecular weight is 547 g/mol. The van der Waals surface area contributed by atoms with Gasteiger partial charge in [-0.3, -0.25) is 9.69 Å². The molecule has 1 aliphatic heterocycles. The second-order valence-corrected chi connectivity index (χ2v) is 9.35. The Kier molecular flexibility index (Phi) is 8.67. The van der Waals surface area contributed by atoms with Crippen molar-refractivity contribution in [3.05, 3.63) is 93.9 Å². The van der Waals surface area contributed by atoms with Crippen molar-refractivity contribution in [2.75, 3.05) is 20.8 Å². The minimum Gasteiger partial charge on any atom is -0.490 e. The number of aliphatic imine (C=N–C) groups is 1. The Morgan fingerprint density at radius 1 is 0.974 bits per heavy atom. The summed E-state index contributed by atoms with van der Waals surface area (Å²) in [4.78, 5) is 42.1. The summed E-state index contributed by atoms with van der Waals surface area (Å²) >= 11 is 1.25. The summed E-state index contributed by atoms with van der Waals surface area (Å²) in [7, 11) is 2.98. The quantitative estimate of drug-likeness (QED) is 0.281. The van der Waals surface area contributed by atoms with Crippen molar-refractivity contribution in [1.29, 1.82) is 0 Å². The van der Waals surface area contributed by atoms with Gasteiger partial charge in [-0.05, 0) is 84.4 Å². The Balaban J connectivity index is 1.50. The highest BCUT2D eigenvalue weighted by atomic mass is 32.2. The van der Waals surface area contributed by atoms with E-state index in [1.54, 1.807) is 61.7 Å². The van der Waals surface area contributed by atoms with Crippen molar-refractivity contribution < 1.29 is 33.7 Å². The van der Waals surface area contributed by atoms with Gasteiger partial charge in [0.05, 0.1) is 35.4 Å². The fourth-order valence-corrected chi connectivity index (χ4v) is 4.60. The van der Waals surface area contributed by atoms with Crippen LogP contribution < -0.4 is 9.47 Å². The molecule has 3 aromatic carbocycles. The molecule has 0 radical (unpaired) electrons. The van der Waals surface area contributed by atoms with Gasteiger partial charge in [0, 0.05) is 7.05 Å². The maximum absolute atomic E-state index is 12.9. The second kappa shape index (κ2) is 12.3. The summed E-state index contributed by atoms with van der Waals surface area (Å²) in [5.74, 6) is -0.547. The van der Waals surface area contributed by atoms with Gasteiger partial charge in [0.2, 0.25) is 0 Å². The van der Waals surface area contributed by atoms with Crippen LogP contribution in [-0.2, 0) is 16.1 Å². The van der Waals surface area contributed by atoms with Crippen LogP contribution in [0.5, 0.6) is 11.5 Å². The highest BCUT2D eigenvalue weighted by molar-refractivity contribution is 8.18. The van der Waals surface area contributed by atoms with E-state index in [1.807, 2.05) is 13.0 Å². The van der Waals surface area contributed by atoms with Crippen LogP contribution in [0.25, 0.3) is 6.08 Å². The summed E-state index contributed by atoms with van der Waals surface area (Å²) < 4.78 is 16.4. The molecular formula is C29H26N2O7S. The lowest BCUT2D eigenvalue weighted by atomic mass is 10.1. The highest BCUT2D eigenvalue weighted by Crippen LogP contribution is 2.35. The largest absolute Gasteiger partial charge is 0.490 e. The number of aromatic carboxylic acids is 1. The minimum atomic E-state index is -0.983. The number of hydrogen-bond donors (Lipinski definition) is 1. The minimum absolute atomic E-state index is 0.187. The first kappa shape index (κ1) is 27.5. The molecule has 0 aromatic heterocycles. The zero-order chi connectivity index (χ0) is 27.9. The highest BCUT2D eigenvalue weighted by Gasteiger charge is 2.30. The fraction of sp³-hybridized carbons (Fsp3) is 0.172. The number of methoxy groups -OCH3 is 1. The Hall–Kier alpha value is -4.57. The molecule has 0 saturated carbocycles. The molecule has 1 amide bonds. The number of carboxylic acid groups (broad SMARTS) is 1. The first-order chi connectivity index (χ1) is 18.8. The van der Waals surface area contributed by atoms with E-state index in [0.717, 1.165) is 11.1 Å². The summed E-state index contributed by atoms with van der Waals surface area (Å²) in [5, 5.41) is 9.56. The summed E-state index contributed by atoms with van der Waals surface area (Å²) in [6, 6.07) is 18.5. The molecule has 39 heavy (non-hydrogen) atoms. The van der Waals surface area contributed by atoms with Gasteiger partial charge in [-0.25, -0.2) is 14.6 Å². The zero-order valence-corrected chi connectivity index (χ0v) is 22.4. The normalized spacial score (nSPS) is 15.1. The Labute approximate surface area is 229 Å². The molecular weight excluding hydrogens is 520 g/mol. The third-order valence-corrected chi connectivity index (χ3v) is 6.74. The monoisotopic (exact) mass is 546 g/mol. The Bertz CT molecular complexity index is 1450. The first-order valence-electron chi connectivity index (χ1n) is 12.0. The number of esters is 1. The van der Waals surface area contributed by atoms with Gasteiger partial charge in [-0.1, -0.05) is 18.2 Å². The molecule has 200 valence electrons. The lowest BCUT2D eigenvalue weighted by Crippen LogP contribution is -2.23. The number of carboxylic acids is 1. The fourth-order valence-electron chi connectivity index (χ4n) is 3.61. The SMILES string of the molecule is CCOc1cc(C=C2SC(=Nc3ccc(C(=O)OC)cc3)N(C)C2=O)ccc1OCc1ccc(C(=O)O)cc1. The van der Waals surface area contributed by atoms with Crippen molar-refractivity contribution in [1.82, 2.24) is 4.90 Å². The number of hydrogen-bond acceptors (Lipinski definition) is 8. The molecule has 0 unspecified atom stereocenters. The van der Waals surface area contributed by atoms with Gasteiger partial charge in [-0.15, -0.1) is 0 Å². The van der Waals surface area contributed by atoms with E-state index >= 15 is 0 Å². The number of likely N-dealkylation sites (N-methyl/N-ethyl adjacent to an activating group) is 1. The van der Waals surface area contributed by atoms with Crippen LogP contribution in [0.1, 0.15) is 38.8 Å². The third kappa shape index (κ3) is 6.66. The number of amides is 1. The van der Waals surface area contributed by atoms with Gasteiger partial charge < -0.3 is 19.3 Å². The molecule has 1 aliphatic rings. The molecule has 10 heteroatoms. The maximum atomic E-state index is 12.9. The predicted octanol–water partition coefficient (Wildman–Crippen LogP) is 5.38. The molecule has 1 saturated heterocycles. The number of rotatable bonds is 9. The van der Waals surface area contributed by atoms with Crippen molar-refractivity contribution >= 4 is 46.5 Å². The molecule has 1 heterocycles. The molecule has 0 spiro atoms. The average Bonchev–Trinajstić information content (AvgIpc) is 3.20.